The molecule has 1 saturated heterocycles. The van der Waals surface area contributed by atoms with Crippen LogP contribution in [0.3, 0.4) is 0 Å². The third-order valence-electron chi connectivity index (χ3n) is 4.15. The molecule has 21 heavy (non-hydrogen) atoms. The molecule has 0 saturated carbocycles. The van der Waals surface area contributed by atoms with Crippen molar-refractivity contribution in [1.82, 2.24) is 5.32 Å². The van der Waals surface area contributed by atoms with E-state index in [1.165, 1.54) is 12.8 Å². The lowest BCUT2D eigenvalue weighted by Gasteiger charge is -2.36. The summed E-state index contributed by atoms with van der Waals surface area (Å²) in [6.45, 7) is 6.14. The van der Waals surface area contributed by atoms with Crippen LogP contribution in [0.5, 0.6) is 0 Å². The van der Waals surface area contributed by atoms with Gasteiger partial charge in [0.05, 0.1) is 7.11 Å². The lowest BCUT2D eigenvalue weighted by atomic mass is 9.99. The molecule has 0 aromatic heterocycles. The van der Waals surface area contributed by atoms with E-state index >= 15 is 0 Å². The minimum absolute atomic E-state index is 0.157. The van der Waals surface area contributed by atoms with E-state index in [1.807, 2.05) is 19.9 Å². The molecule has 1 heterocycles. The van der Waals surface area contributed by atoms with Crippen LogP contribution in [0.15, 0.2) is 30.3 Å². The molecule has 1 aliphatic rings. The minimum Gasteiger partial charge on any atom is -0.468 e. The van der Waals surface area contributed by atoms with Crippen molar-refractivity contribution in [2.45, 2.75) is 38.8 Å². The monoisotopic (exact) mass is 290 g/mol. The van der Waals surface area contributed by atoms with Crippen molar-refractivity contribution in [2.24, 2.45) is 5.92 Å². The zero-order valence-corrected chi connectivity index (χ0v) is 13.2. The number of methoxy groups -OCH3 is 1. The summed E-state index contributed by atoms with van der Waals surface area (Å²) in [7, 11) is 1.46. The molecule has 0 bridgehead atoms. The van der Waals surface area contributed by atoms with Gasteiger partial charge in [-0.15, -0.1) is 0 Å². The van der Waals surface area contributed by atoms with Crippen LogP contribution in [0.4, 0.5) is 5.69 Å². The van der Waals surface area contributed by atoms with E-state index in [-0.39, 0.29) is 17.9 Å². The molecule has 1 fully saturated rings. The maximum absolute atomic E-state index is 11.8. The van der Waals surface area contributed by atoms with Crippen molar-refractivity contribution < 1.29 is 9.53 Å². The summed E-state index contributed by atoms with van der Waals surface area (Å²) in [5, 5.41) is 3.48. The molecule has 0 spiro atoms. The number of hydrogen-bond acceptors (Lipinski definition) is 4. The summed E-state index contributed by atoms with van der Waals surface area (Å²) in [5.41, 5.74) is 1.28. The second-order valence-corrected chi connectivity index (χ2v) is 6.01. The zero-order chi connectivity index (χ0) is 15.2. The van der Waals surface area contributed by atoms with Gasteiger partial charge in [0, 0.05) is 24.8 Å². The number of hydrogen-bond donors (Lipinski definition) is 1. The van der Waals surface area contributed by atoms with Gasteiger partial charge in [0.15, 0.2) is 0 Å². The Morgan fingerprint density at radius 3 is 2.38 bits per heavy atom. The summed E-state index contributed by atoms with van der Waals surface area (Å²) in [6.07, 6.45) is 2.10. The molecule has 1 aromatic carbocycles. The van der Waals surface area contributed by atoms with Crippen LogP contribution in [0.1, 0.15) is 26.7 Å². The van der Waals surface area contributed by atoms with Crippen LogP contribution < -0.4 is 10.2 Å². The van der Waals surface area contributed by atoms with Gasteiger partial charge in [-0.1, -0.05) is 32.0 Å². The van der Waals surface area contributed by atoms with E-state index < -0.39 is 0 Å². The highest BCUT2D eigenvalue weighted by Gasteiger charge is 2.28. The largest absolute Gasteiger partial charge is 0.468 e. The first-order valence-corrected chi connectivity index (χ1v) is 7.75. The standard InChI is InChI=1S/C17H26N2O2/c1-13(2)16(17(20)21-3)18-14-9-11-19(12-10-14)15-7-5-4-6-8-15/h4-8,13-14,16,18H,9-12H2,1-3H3. The summed E-state index contributed by atoms with van der Waals surface area (Å²) in [4.78, 5) is 14.2. The van der Waals surface area contributed by atoms with E-state index in [1.54, 1.807) is 0 Å². The third kappa shape index (κ3) is 4.21. The van der Waals surface area contributed by atoms with Gasteiger partial charge in [-0.2, -0.15) is 0 Å². The lowest BCUT2D eigenvalue weighted by Crippen LogP contribution is -2.51. The Kier molecular flexibility index (Phi) is 5.62. The van der Waals surface area contributed by atoms with Gasteiger partial charge in [-0.05, 0) is 30.9 Å². The van der Waals surface area contributed by atoms with Crippen LogP contribution in [0.25, 0.3) is 0 Å². The SMILES string of the molecule is COC(=O)C(NC1CCN(c2ccccc2)CC1)C(C)C. The fourth-order valence-electron chi connectivity index (χ4n) is 2.86. The molecule has 1 aromatic rings. The number of ether oxygens (including phenoxy) is 1. The van der Waals surface area contributed by atoms with Crippen LogP contribution in [0, 0.1) is 5.92 Å². The molecular weight excluding hydrogens is 264 g/mol. The van der Waals surface area contributed by atoms with Crippen molar-refractivity contribution in [3.05, 3.63) is 30.3 Å². The second-order valence-electron chi connectivity index (χ2n) is 6.01. The Morgan fingerprint density at radius 1 is 1.24 bits per heavy atom. The summed E-state index contributed by atoms with van der Waals surface area (Å²) < 4.78 is 4.89. The van der Waals surface area contributed by atoms with Crippen molar-refractivity contribution in [1.29, 1.82) is 0 Å². The molecule has 1 aliphatic heterocycles. The van der Waals surface area contributed by atoms with Crippen LogP contribution >= 0.6 is 0 Å². The number of benzene rings is 1. The number of nitrogens with one attached hydrogen (secondary N) is 1. The molecule has 4 heteroatoms. The number of piperidine rings is 1. The molecule has 2 rings (SSSR count). The van der Waals surface area contributed by atoms with Gasteiger partial charge in [-0.25, -0.2) is 0 Å². The molecule has 1 unspecified atom stereocenters. The van der Waals surface area contributed by atoms with E-state index in [0.717, 1.165) is 25.9 Å². The maximum Gasteiger partial charge on any atom is 0.323 e. The number of nitrogens with zero attached hydrogens (tertiary/aromatic N) is 1. The van der Waals surface area contributed by atoms with E-state index in [9.17, 15) is 4.79 Å². The highest BCUT2D eigenvalue weighted by molar-refractivity contribution is 5.76. The molecule has 1 N–H and O–H groups in total. The molecule has 0 aliphatic carbocycles. The second kappa shape index (κ2) is 7.46. The number of rotatable bonds is 5. The Hall–Kier alpha value is -1.55. The molecule has 1 atom stereocenters. The van der Waals surface area contributed by atoms with Crippen molar-refractivity contribution in [3.63, 3.8) is 0 Å². The van der Waals surface area contributed by atoms with E-state index in [2.05, 4.69) is 34.5 Å². The van der Waals surface area contributed by atoms with Crippen molar-refractivity contribution >= 4 is 11.7 Å². The molecule has 0 radical (unpaired) electrons. The van der Waals surface area contributed by atoms with Crippen LogP contribution in [-0.4, -0.2) is 38.3 Å². The number of anilines is 1. The Balaban J connectivity index is 1.87. The fraction of sp³-hybridized carbons (Fsp3) is 0.588. The van der Waals surface area contributed by atoms with Crippen LogP contribution in [0.2, 0.25) is 0 Å². The van der Waals surface area contributed by atoms with Gasteiger partial charge >= 0.3 is 5.97 Å². The van der Waals surface area contributed by atoms with Gasteiger partial charge < -0.3 is 15.0 Å². The number of carbonyl (C=O) groups excluding carboxylic acids is 1. The predicted octanol–water partition coefficient (Wildman–Crippen LogP) is 2.44. The topological polar surface area (TPSA) is 41.6 Å². The Bertz CT molecular complexity index is 439. The smallest absolute Gasteiger partial charge is 0.323 e. The highest BCUT2D eigenvalue weighted by Crippen LogP contribution is 2.20. The fourth-order valence-corrected chi connectivity index (χ4v) is 2.86. The summed E-state index contributed by atoms with van der Waals surface area (Å²) in [6, 6.07) is 10.7. The van der Waals surface area contributed by atoms with Crippen LogP contribution in [-0.2, 0) is 9.53 Å². The average molecular weight is 290 g/mol. The average Bonchev–Trinajstić information content (AvgIpc) is 2.53. The molecule has 4 nitrogen and oxygen atoms in total. The summed E-state index contributed by atoms with van der Waals surface area (Å²) in [5.74, 6) is 0.0834. The van der Waals surface area contributed by atoms with Gasteiger partial charge in [0.25, 0.3) is 0 Å². The highest BCUT2D eigenvalue weighted by atomic mass is 16.5. The normalized spacial score (nSPS) is 17.8. The van der Waals surface area contributed by atoms with Crippen molar-refractivity contribution in [3.8, 4) is 0 Å². The van der Waals surface area contributed by atoms with E-state index in [4.69, 9.17) is 4.74 Å². The number of esters is 1. The Morgan fingerprint density at radius 2 is 1.86 bits per heavy atom. The van der Waals surface area contributed by atoms with Gasteiger partial charge in [0.1, 0.15) is 6.04 Å². The van der Waals surface area contributed by atoms with E-state index in [0.29, 0.717) is 6.04 Å². The maximum atomic E-state index is 11.8. The number of carbonyl (C=O) groups is 1. The first-order chi connectivity index (χ1) is 10.1. The number of para-hydroxylation sites is 1. The third-order valence-corrected chi connectivity index (χ3v) is 4.15. The summed E-state index contributed by atoms with van der Waals surface area (Å²) >= 11 is 0. The molecule has 0 amide bonds. The zero-order valence-electron chi connectivity index (χ0n) is 13.2. The quantitative estimate of drug-likeness (QED) is 0.846. The first-order valence-electron chi connectivity index (χ1n) is 7.75. The van der Waals surface area contributed by atoms with Gasteiger partial charge in [0.2, 0.25) is 0 Å². The van der Waals surface area contributed by atoms with Crippen molar-refractivity contribution in [2.75, 3.05) is 25.1 Å². The van der Waals surface area contributed by atoms with Gasteiger partial charge in [-0.3, -0.25) is 4.79 Å². The predicted molar refractivity (Wildman–Crippen MR) is 85.5 cm³/mol. The Labute approximate surface area is 127 Å². The molecule has 116 valence electrons. The first kappa shape index (κ1) is 15.8. The molecular formula is C17H26N2O2. The lowest BCUT2D eigenvalue weighted by molar-refractivity contribution is -0.144. The minimum atomic E-state index is -0.205.